The minimum atomic E-state index is -2.09. The third-order valence-corrected chi connectivity index (χ3v) is 10.8. The van der Waals surface area contributed by atoms with Crippen molar-refractivity contribution in [2.45, 2.75) is 77.3 Å². The van der Waals surface area contributed by atoms with Crippen molar-refractivity contribution in [1.82, 2.24) is 4.57 Å². The summed E-state index contributed by atoms with van der Waals surface area (Å²) in [6, 6.07) is 0.658. The zero-order valence-corrected chi connectivity index (χ0v) is 16.4. The number of nitrogens with zero attached hydrogens (tertiary/aromatic N) is 1. The highest BCUT2D eigenvalue weighted by molar-refractivity contribution is 7.16. The van der Waals surface area contributed by atoms with E-state index in [1.54, 1.807) is 0 Å². The Bertz CT molecular complexity index is 281. The fourth-order valence-electron chi connectivity index (χ4n) is 3.58. The van der Waals surface area contributed by atoms with Crippen LogP contribution >= 0.6 is 11.1 Å². The molecule has 5 heteroatoms. The lowest BCUT2D eigenvalue weighted by molar-refractivity contribution is 0.214. The van der Waals surface area contributed by atoms with E-state index in [0.717, 1.165) is 13.0 Å². The number of halogens is 1. The molecule has 0 aromatic rings. The summed E-state index contributed by atoms with van der Waals surface area (Å²) in [5.41, 5.74) is 0.557. The van der Waals surface area contributed by atoms with Crippen molar-refractivity contribution in [3.05, 3.63) is 0 Å². The van der Waals surface area contributed by atoms with Crippen molar-refractivity contribution >= 4 is 26.9 Å². The zero-order valence-electron chi connectivity index (χ0n) is 13.6. The van der Waals surface area contributed by atoms with Crippen LogP contribution in [0.4, 0.5) is 0 Å². The molecule has 1 saturated heterocycles. The molecule has 0 bridgehead atoms. The minimum Gasteiger partial charge on any atom is -0.403 e. The van der Waals surface area contributed by atoms with Gasteiger partial charge in [-0.2, -0.15) is 0 Å². The Balaban J connectivity index is 2.93. The summed E-state index contributed by atoms with van der Waals surface area (Å²) in [4.78, 5) is 0. The Morgan fingerprint density at radius 1 is 1.21 bits per heavy atom. The molecule has 0 aromatic heterocycles. The molecule has 0 aliphatic carbocycles. The van der Waals surface area contributed by atoms with Crippen LogP contribution in [0.25, 0.3) is 0 Å². The van der Waals surface area contributed by atoms with Crippen LogP contribution in [0.15, 0.2) is 0 Å². The van der Waals surface area contributed by atoms with Crippen molar-refractivity contribution in [3.8, 4) is 0 Å². The fourth-order valence-corrected chi connectivity index (χ4v) is 9.63. The summed E-state index contributed by atoms with van der Waals surface area (Å²) in [6.07, 6.45) is 5.17. The quantitative estimate of drug-likeness (QED) is 0.514. The van der Waals surface area contributed by atoms with Gasteiger partial charge in [-0.05, 0) is 32.9 Å². The molecule has 3 atom stereocenters. The van der Waals surface area contributed by atoms with Crippen LogP contribution in [0.1, 0.15) is 39.5 Å². The van der Waals surface area contributed by atoms with Gasteiger partial charge in [-0.1, -0.05) is 39.4 Å². The second-order valence-electron chi connectivity index (χ2n) is 6.86. The fraction of sp³-hybridized carbons (Fsp3) is 1.00. The number of hydrogen-bond acceptors (Lipinski definition) is 2. The second kappa shape index (κ2) is 7.07. The molecule has 114 valence electrons. The first-order valence-corrected chi connectivity index (χ1v) is 14.8. The van der Waals surface area contributed by atoms with Crippen LogP contribution in [0, 0.1) is 0 Å². The highest BCUT2D eigenvalue weighted by Gasteiger charge is 2.45. The first-order valence-electron chi connectivity index (χ1n) is 7.83. The predicted octanol–water partition coefficient (Wildman–Crippen LogP) is 4.80. The van der Waals surface area contributed by atoms with Crippen LogP contribution in [0.2, 0.25) is 31.7 Å². The highest BCUT2D eigenvalue weighted by atomic mass is 35.6. The molecule has 1 fully saturated rings. The molecule has 1 aliphatic rings. The average molecular weight is 322 g/mol. The molecule has 3 unspecified atom stereocenters. The van der Waals surface area contributed by atoms with E-state index in [2.05, 4.69) is 44.6 Å². The highest BCUT2D eigenvalue weighted by Crippen LogP contribution is 2.41. The number of piperidine rings is 1. The number of rotatable bonds is 6. The Labute approximate surface area is 126 Å². The molecule has 0 spiro atoms. The van der Waals surface area contributed by atoms with Crippen LogP contribution in [0.3, 0.4) is 0 Å². The largest absolute Gasteiger partial charge is 0.403 e. The van der Waals surface area contributed by atoms with E-state index >= 15 is 0 Å². The van der Waals surface area contributed by atoms with Crippen molar-refractivity contribution in [1.29, 1.82) is 0 Å². The van der Waals surface area contributed by atoms with Gasteiger partial charge in [0.15, 0.2) is 0 Å². The molecule has 2 nitrogen and oxygen atoms in total. The van der Waals surface area contributed by atoms with E-state index in [1.807, 2.05) is 0 Å². The van der Waals surface area contributed by atoms with Crippen LogP contribution < -0.4 is 0 Å². The lowest BCUT2D eigenvalue weighted by atomic mass is 10.0. The molecule has 0 amide bonds. The van der Waals surface area contributed by atoms with Crippen molar-refractivity contribution in [3.63, 3.8) is 0 Å². The second-order valence-corrected chi connectivity index (χ2v) is 17.0. The Hall–Kier alpha value is 0.644. The summed E-state index contributed by atoms with van der Waals surface area (Å²) < 4.78 is 8.81. The Morgan fingerprint density at radius 3 is 2.32 bits per heavy atom. The molecule has 0 radical (unpaired) electrons. The van der Waals surface area contributed by atoms with Gasteiger partial charge >= 0.3 is 0 Å². The van der Waals surface area contributed by atoms with E-state index in [9.17, 15) is 0 Å². The predicted molar refractivity (Wildman–Crippen MR) is 90.8 cm³/mol. The molecule has 0 aromatic carbocycles. The molecule has 1 aliphatic heterocycles. The van der Waals surface area contributed by atoms with Crippen molar-refractivity contribution in [2.24, 2.45) is 0 Å². The van der Waals surface area contributed by atoms with Gasteiger partial charge < -0.3 is 8.99 Å². The average Bonchev–Trinajstić information content (AvgIpc) is 2.28. The van der Waals surface area contributed by atoms with Crippen molar-refractivity contribution < 1.29 is 4.43 Å². The van der Waals surface area contributed by atoms with Crippen LogP contribution in [0.5, 0.6) is 0 Å². The minimum absolute atomic E-state index is 0.557. The Kier molecular flexibility index (Phi) is 6.59. The summed E-state index contributed by atoms with van der Waals surface area (Å²) in [5, 5.41) is 0. The summed E-state index contributed by atoms with van der Waals surface area (Å²) in [5.74, 6) is 0. The normalized spacial score (nSPS) is 27.0. The van der Waals surface area contributed by atoms with E-state index in [1.165, 1.54) is 25.8 Å². The smallest absolute Gasteiger partial charge is 0.291 e. The maximum absolute atomic E-state index is 6.86. The standard InChI is InChI=1S/C14H32ClNOSi2/c1-7-14(19(6,15)17-8-2)13-11-9-10-12-16(13)18(3,4)5/h13-14H,7-12H2,1-6H3. The van der Waals surface area contributed by atoms with Gasteiger partial charge in [-0.3, -0.25) is 0 Å². The third kappa shape index (κ3) is 4.56. The van der Waals surface area contributed by atoms with Gasteiger partial charge in [0, 0.05) is 18.2 Å². The van der Waals surface area contributed by atoms with Gasteiger partial charge in [-0.25, -0.2) is 0 Å². The van der Waals surface area contributed by atoms with Crippen LogP contribution in [-0.2, 0) is 4.43 Å². The van der Waals surface area contributed by atoms with Crippen molar-refractivity contribution in [2.75, 3.05) is 13.2 Å². The van der Waals surface area contributed by atoms with E-state index in [-0.39, 0.29) is 0 Å². The van der Waals surface area contributed by atoms with Gasteiger partial charge in [0.25, 0.3) is 7.63 Å². The lowest BCUT2D eigenvalue weighted by Gasteiger charge is -2.49. The lowest BCUT2D eigenvalue weighted by Crippen LogP contribution is -2.58. The van der Waals surface area contributed by atoms with Gasteiger partial charge in [-0.15, -0.1) is 11.1 Å². The van der Waals surface area contributed by atoms with E-state index in [0.29, 0.717) is 11.6 Å². The maximum atomic E-state index is 6.86. The number of hydrogen-bond donors (Lipinski definition) is 0. The summed E-state index contributed by atoms with van der Waals surface area (Å²) in [7, 11) is -3.35. The molecular formula is C14H32ClNOSi2. The van der Waals surface area contributed by atoms with Gasteiger partial charge in [0.2, 0.25) is 0 Å². The molecule has 1 rings (SSSR count). The molecule has 0 N–H and O–H groups in total. The van der Waals surface area contributed by atoms with Gasteiger partial charge in [0.1, 0.15) is 8.24 Å². The first kappa shape index (κ1) is 17.7. The third-order valence-electron chi connectivity index (χ3n) is 4.40. The van der Waals surface area contributed by atoms with Crippen LogP contribution in [-0.4, -0.2) is 39.6 Å². The van der Waals surface area contributed by atoms with Gasteiger partial charge in [0.05, 0.1) is 0 Å². The molecule has 1 heterocycles. The molecular weight excluding hydrogens is 290 g/mol. The Morgan fingerprint density at radius 2 is 1.84 bits per heavy atom. The zero-order chi connectivity index (χ0) is 14.7. The maximum Gasteiger partial charge on any atom is 0.291 e. The van der Waals surface area contributed by atoms with E-state index in [4.69, 9.17) is 15.5 Å². The SMILES string of the molecule is CCO[Si](C)(Cl)C(CC)C1CCCCN1[Si](C)(C)C. The monoisotopic (exact) mass is 321 g/mol. The topological polar surface area (TPSA) is 12.5 Å². The van der Waals surface area contributed by atoms with E-state index < -0.39 is 15.9 Å². The first-order chi connectivity index (χ1) is 8.74. The summed E-state index contributed by atoms with van der Waals surface area (Å²) >= 11 is 6.86. The molecule has 19 heavy (non-hydrogen) atoms. The molecule has 0 saturated carbocycles. The summed E-state index contributed by atoms with van der Waals surface area (Å²) in [6.45, 7) is 16.0.